The SMILES string of the molecule is Cc1cc(C)c(C)c(OCCNCCc2cccs2)c1. The molecule has 0 radical (unpaired) electrons. The van der Waals surface area contributed by atoms with E-state index >= 15 is 0 Å². The molecule has 0 unspecified atom stereocenters. The molecule has 2 nitrogen and oxygen atoms in total. The van der Waals surface area contributed by atoms with Crippen molar-refractivity contribution in [3.63, 3.8) is 0 Å². The second-order valence-corrected chi connectivity index (χ2v) is 6.17. The van der Waals surface area contributed by atoms with E-state index in [-0.39, 0.29) is 0 Å². The van der Waals surface area contributed by atoms with Gasteiger partial charge < -0.3 is 10.1 Å². The number of nitrogens with one attached hydrogen (secondary N) is 1. The predicted octanol–water partition coefficient (Wildman–Crippen LogP) is 3.88. The Kier molecular flexibility index (Phi) is 5.62. The maximum atomic E-state index is 5.88. The van der Waals surface area contributed by atoms with Gasteiger partial charge in [-0.25, -0.2) is 0 Å². The summed E-state index contributed by atoms with van der Waals surface area (Å²) in [5, 5.41) is 5.55. The normalized spacial score (nSPS) is 10.8. The molecule has 1 aromatic carbocycles. The molecule has 2 aromatic rings. The standard InChI is InChI=1S/C17H23NOS/c1-13-11-14(2)15(3)17(12-13)19-9-8-18-7-6-16-5-4-10-20-16/h4-5,10-12,18H,6-9H2,1-3H3. The zero-order valence-corrected chi connectivity index (χ0v) is 13.3. The Morgan fingerprint density at radius 1 is 1.15 bits per heavy atom. The molecule has 0 saturated heterocycles. The van der Waals surface area contributed by atoms with Crippen LogP contribution in [0.4, 0.5) is 0 Å². The summed E-state index contributed by atoms with van der Waals surface area (Å²) >= 11 is 1.82. The molecule has 2 rings (SSSR count). The first-order valence-corrected chi connectivity index (χ1v) is 7.98. The molecule has 3 heteroatoms. The zero-order valence-electron chi connectivity index (χ0n) is 12.5. The molecule has 0 atom stereocenters. The number of hydrogen-bond acceptors (Lipinski definition) is 3. The van der Waals surface area contributed by atoms with Crippen molar-refractivity contribution in [2.24, 2.45) is 0 Å². The molecular weight excluding hydrogens is 266 g/mol. The molecule has 0 aliphatic carbocycles. The third-order valence-corrected chi connectivity index (χ3v) is 4.36. The molecule has 0 fully saturated rings. The lowest BCUT2D eigenvalue weighted by Crippen LogP contribution is -2.23. The lowest BCUT2D eigenvalue weighted by atomic mass is 10.1. The van der Waals surface area contributed by atoms with Crippen LogP contribution in [0.15, 0.2) is 29.6 Å². The number of rotatable bonds is 7. The van der Waals surface area contributed by atoms with Gasteiger partial charge >= 0.3 is 0 Å². The number of ether oxygens (including phenoxy) is 1. The van der Waals surface area contributed by atoms with E-state index in [1.54, 1.807) is 0 Å². The molecule has 0 amide bonds. The lowest BCUT2D eigenvalue weighted by Gasteiger charge is -2.12. The molecule has 1 heterocycles. The van der Waals surface area contributed by atoms with E-state index in [1.165, 1.54) is 21.6 Å². The van der Waals surface area contributed by atoms with E-state index in [0.29, 0.717) is 6.61 Å². The Balaban J connectivity index is 1.68. The van der Waals surface area contributed by atoms with Crippen LogP contribution in [0.5, 0.6) is 5.75 Å². The van der Waals surface area contributed by atoms with Gasteiger partial charge in [-0.15, -0.1) is 11.3 Å². The summed E-state index contributed by atoms with van der Waals surface area (Å²) in [6.45, 7) is 8.98. The average Bonchev–Trinajstić information content (AvgIpc) is 2.92. The van der Waals surface area contributed by atoms with Crippen molar-refractivity contribution in [1.82, 2.24) is 5.32 Å². The first-order chi connectivity index (χ1) is 9.66. The molecule has 0 bridgehead atoms. The Labute approximate surface area is 125 Å². The summed E-state index contributed by atoms with van der Waals surface area (Å²) in [6, 6.07) is 8.60. The van der Waals surface area contributed by atoms with Gasteiger partial charge in [0.15, 0.2) is 0 Å². The highest BCUT2D eigenvalue weighted by Gasteiger charge is 2.03. The molecule has 1 N–H and O–H groups in total. The summed E-state index contributed by atoms with van der Waals surface area (Å²) in [5.41, 5.74) is 3.80. The van der Waals surface area contributed by atoms with Crippen LogP contribution in [0, 0.1) is 20.8 Å². The Bertz CT molecular complexity index is 534. The number of hydrogen-bond donors (Lipinski definition) is 1. The maximum absolute atomic E-state index is 5.88. The highest BCUT2D eigenvalue weighted by molar-refractivity contribution is 7.09. The fourth-order valence-corrected chi connectivity index (χ4v) is 2.88. The van der Waals surface area contributed by atoms with Gasteiger partial charge in [0.2, 0.25) is 0 Å². The largest absolute Gasteiger partial charge is 0.492 e. The van der Waals surface area contributed by atoms with E-state index < -0.39 is 0 Å². The van der Waals surface area contributed by atoms with Gasteiger partial charge in [0, 0.05) is 18.0 Å². The average molecular weight is 289 g/mol. The Morgan fingerprint density at radius 2 is 2.00 bits per heavy atom. The molecular formula is C17H23NOS. The van der Waals surface area contributed by atoms with Crippen molar-refractivity contribution >= 4 is 11.3 Å². The summed E-state index contributed by atoms with van der Waals surface area (Å²) in [4.78, 5) is 1.43. The first kappa shape index (κ1) is 15.1. The van der Waals surface area contributed by atoms with Gasteiger partial charge in [0.25, 0.3) is 0 Å². The molecule has 20 heavy (non-hydrogen) atoms. The van der Waals surface area contributed by atoms with Crippen molar-refractivity contribution in [3.8, 4) is 5.75 Å². The van der Waals surface area contributed by atoms with Crippen LogP contribution < -0.4 is 10.1 Å². The topological polar surface area (TPSA) is 21.3 Å². The molecule has 0 spiro atoms. The highest BCUT2D eigenvalue weighted by atomic mass is 32.1. The summed E-state index contributed by atoms with van der Waals surface area (Å²) in [6.07, 6.45) is 1.10. The Hall–Kier alpha value is -1.32. The van der Waals surface area contributed by atoms with Crippen molar-refractivity contribution < 1.29 is 4.74 Å². The van der Waals surface area contributed by atoms with Crippen LogP contribution in [-0.4, -0.2) is 19.7 Å². The van der Waals surface area contributed by atoms with Crippen molar-refractivity contribution in [1.29, 1.82) is 0 Å². The minimum absolute atomic E-state index is 0.716. The smallest absolute Gasteiger partial charge is 0.122 e. The van der Waals surface area contributed by atoms with Crippen LogP contribution in [0.2, 0.25) is 0 Å². The van der Waals surface area contributed by atoms with Gasteiger partial charge in [-0.1, -0.05) is 12.1 Å². The van der Waals surface area contributed by atoms with Gasteiger partial charge in [0.1, 0.15) is 12.4 Å². The minimum atomic E-state index is 0.716. The van der Waals surface area contributed by atoms with Crippen molar-refractivity contribution in [2.45, 2.75) is 27.2 Å². The first-order valence-electron chi connectivity index (χ1n) is 7.10. The minimum Gasteiger partial charge on any atom is -0.492 e. The lowest BCUT2D eigenvalue weighted by molar-refractivity contribution is 0.312. The van der Waals surface area contributed by atoms with Gasteiger partial charge in [0.05, 0.1) is 0 Å². The number of thiophene rings is 1. The van der Waals surface area contributed by atoms with Crippen LogP contribution in [0.1, 0.15) is 21.6 Å². The van der Waals surface area contributed by atoms with Gasteiger partial charge in [-0.3, -0.25) is 0 Å². The highest BCUT2D eigenvalue weighted by Crippen LogP contribution is 2.22. The summed E-state index contributed by atoms with van der Waals surface area (Å²) in [7, 11) is 0. The number of aryl methyl sites for hydroxylation is 2. The van der Waals surface area contributed by atoms with Gasteiger partial charge in [-0.05, 0) is 61.4 Å². The van der Waals surface area contributed by atoms with Crippen LogP contribution in [-0.2, 0) is 6.42 Å². The molecule has 0 aliphatic rings. The second kappa shape index (κ2) is 7.46. The van der Waals surface area contributed by atoms with E-state index in [2.05, 4.69) is 55.7 Å². The predicted molar refractivity (Wildman–Crippen MR) is 87.0 cm³/mol. The second-order valence-electron chi connectivity index (χ2n) is 5.13. The zero-order chi connectivity index (χ0) is 14.4. The third-order valence-electron chi connectivity index (χ3n) is 3.43. The molecule has 0 aliphatic heterocycles. The fraction of sp³-hybridized carbons (Fsp3) is 0.412. The van der Waals surface area contributed by atoms with Gasteiger partial charge in [-0.2, -0.15) is 0 Å². The van der Waals surface area contributed by atoms with Crippen molar-refractivity contribution in [2.75, 3.05) is 19.7 Å². The monoisotopic (exact) mass is 289 g/mol. The van der Waals surface area contributed by atoms with Crippen LogP contribution in [0.3, 0.4) is 0 Å². The van der Waals surface area contributed by atoms with E-state index in [4.69, 9.17) is 4.74 Å². The quantitative estimate of drug-likeness (QED) is 0.781. The molecule has 1 aromatic heterocycles. The van der Waals surface area contributed by atoms with E-state index in [9.17, 15) is 0 Å². The van der Waals surface area contributed by atoms with Crippen LogP contribution >= 0.6 is 11.3 Å². The van der Waals surface area contributed by atoms with E-state index in [0.717, 1.165) is 25.3 Å². The van der Waals surface area contributed by atoms with Crippen molar-refractivity contribution in [3.05, 3.63) is 51.2 Å². The summed E-state index contributed by atoms with van der Waals surface area (Å²) in [5.74, 6) is 1.02. The summed E-state index contributed by atoms with van der Waals surface area (Å²) < 4.78 is 5.88. The third kappa shape index (κ3) is 4.36. The van der Waals surface area contributed by atoms with Crippen LogP contribution in [0.25, 0.3) is 0 Å². The number of benzene rings is 1. The maximum Gasteiger partial charge on any atom is 0.122 e. The van der Waals surface area contributed by atoms with E-state index in [1.807, 2.05) is 11.3 Å². The fourth-order valence-electron chi connectivity index (χ4n) is 2.18. The molecule has 0 saturated carbocycles. The molecule has 108 valence electrons. The Morgan fingerprint density at radius 3 is 2.75 bits per heavy atom.